The molecule has 0 saturated heterocycles. The van der Waals surface area contributed by atoms with Crippen molar-refractivity contribution in [1.82, 2.24) is 9.97 Å². The lowest BCUT2D eigenvalue weighted by atomic mass is 10.1. The van der Waals surface area contributed by atoms with Crippen molar-refractivity contribution in [3.63, 3.8) is 0 Å². The van der Waals surface area contributed by atoms with Crippen LogP contribution in [0.1, 0.15) is 5.56 Å². The molecule has 0 bridgehead atoms. The standard InChI is InChI=1S/C12H12ClN3S/c13-10-8-9(4-5-14)2-3-11(10)17-12-15-6-1-7-16-12/h1-3,6-8H,4-5,14H2. The number of nitrogens with zero attached hydrogens (tertiary/aromatic N) is 2. The van der Waals surface area contributed by atoms with E-state index < -0.39 is 0 Å². The first-order chi connectivity index (χ1) is 8.29. The first-order valence-corrected chi connectivity index (χ1v) is 6.42. The van der Waals surface area contributed by atoms with Crippen LogP contribution < -0.4 is 5.73 Å². The molecule has 0 radical (unpaired) electrons. The van der Waals surface area contributed by atoms with E-state index in [9.17, 15) is 0 Å². The third kappa shape index (κ3) is 3.43. The number of hydrogen-bond donors (Lipinski definition) is 1. The van der Waals surface area contributed by atoms with Gasteiger partial charge in [0.05, 0.1) is 5.02 Å². The second kappa shape index (κ2) is 6.00. The van der Waals surface area contributed by atoms with Crippen molar-refractivity contribution in [3.8, 4) is 0 Å². The minimum absolute atomic E-state index is 0.630. The maximum Gasteiger partial charge on any atom is 0.192 e. The Morgan fingerprint density at radius 3 is 2.65 bits per heavy atom. The highest BCUT2D eigenvalue weighted by Crippen LogP contribution is 2.31. The molecule has 2 rings (SSSR count). The van der Waals surface area contributed by atoms with Gasteiger partial charge in [0.25, 0.3) is 0 Å². The summed E-state index contributed by atoms with van der Waals surface area (Å²) in [5.74, 6) is 0. The van der Waals surface area contributed by atoms with Gasteiger partial charge in [-0.25, -0.2) is 9.97 Å². The normalized spacial score (nSPS) is 10.5. The fraction of sp³-hybridized carbons (Fsp3) is 0.167. The summed E-state index contributed by atoms with van der Waals surface area (Å²) < 4.78 is 0. The van der Waals surface area contributed by atoms with E-state index in [-0.39, 0.29) is 0 Å². The molecule has 2 aromatic rings. The van der Waals surface area contributed by atoms with Gasteiger partial charge in [-0.05, 0) is 48.5 Å². The molecule has 88 valence electrons. The van der Waals surface area contributed by atoms with Crippen LogP contribution >= 0.6 is 23.4 Å². The molecule has 1 heterocycles. The van der Waals surface area contributed by atoms with E-state index in [0.29, 0.717) is 16.7 Å². The van der Waals surface area contributed by atoms with Crippen LogP contribution in [0.15, 0.2) is 46.7 Å². The zero-order valence-electron chi connectivity index (χ0n) is 9.14. The highest BCUT2D eigenvalue weighted by molar-refractivity contribution is 7.99. The van der Waals surface area contributed by atoms with E-state index >= 15 is 0 Å². The van der Waals surface area contributed by atoms with Crippen LogP contribution in [0.3, 0.4) is 0 Å². The van der Waals surface area contributed by atoms with Gasteiger partial charge in [-0.2, -0.15) is 0 Å². The molecule has 1 aromatic carbocycles. The van der Waals surface area contributed by atoms with Crippen molar-refractivity contribution >= 4 is 23.4 Å². The molecule has 0 aliphatic carbocycles. The molecule has 0 unspecified atom stereocenters. The predicted molar refractivity (Wildman–Crippen MR) is 70.4 cm³/mol. The van der Waals surface area contributed by atoms with Crippen molar-refractivity contribution in [2.75, 3.05) is 6.54 Å². The van der Waals surface area contributed by atoms with Gasteiger partial charge in [0.15, 0.2) is 5.16 Å². The molecule has 3 nitrogen and oxygen atoms in total. The molecule has 0 saturated carbocycles. The summed E-state index contributed by atoms with van der Waals surface area (Å²) in [7, 11) is 0. The molecule has 0 fully saturated rings. The molecule has 0 spiro atoms. The third-order valence-corrected chi connectivity index (χ3v) is 3.57. The van der Waals surface area contributed by atoms with Crippen LogP contribution in [0.25, 0.3) is 0 Å². The minimum atomic E-state index is 0.630. The van der Waals surface area contributed by atoms with Crippen LogP contribution in [-0.2, 0) is 6.42 Å². The second-order valence-electron chi connectivity index (χ2n) is 3.44. The van der Waals surface area contributed by atoms with Crippen LogP contribution in [0.4, 0.5) is 0 Å². The average Bonchev–Trinajstić information content (AvgIpc) is 2.34. The van der Waals surface area contributed by atoms with Gasteiger partial charge in [-0.3, -0.25) is 0 Å². The first-order valence-electron chi connectivity index (χ1n) is 5.23. The lowest BCUT2D eigenvalue weighted by Gasteiger charge is -2.05. The Kier molecular flexibility index (Phi) is 4.36. The van der Waals surface area contributed by atoms with Gasteiger partial charge < -0.3 is 5.73 Å². The summed E-state index contributed by atoms with van der Waals surface area (Å²) in [6, 6.07) is 7.74. The molecule has 5 heteroatoms. The lowest BCUT2D eigenvalue weighted by Crippen LogP contribution is -2.02. The van der Waals surface area contributed by atoms with E-state index in [2.05, 4.69) is 9.97 Å². The van der Waals surface area contributed by atoms with Crippen molar-refractivity contribution in [1.29, 1.82) is 0 Å². The molecule has 1 aromatic heterocycles. The Morgan fingerprint density at radius 1 is 1.24 bits per heavy atom. The van der Waals surface area contributed by atoms with Crippen molar-refractivity contribution in [2.24, 2.45) is 5.73 Å². The highest BCUT2D eigenvalue weighted by atomic mass is 35.5. The molecular weight excluding hydrogens is 254 g/mol. The molecular formula is C12H12ClN3S. The smallest absolute Gasteiger partial charge is 0.192 e. The summed E-state index contributed by atoms with van der Waals surface area (Å²) in [6.45, 7) is 0.630. The Balaban J connectivity index is 2.17. The molecule has 0 amide bonds. The summed E-state index contributed by atoms with van der Waals surface area (Å²) >= 11 is 7.65. The van der Waals surface area contributed by atoms with Crippen molar-refractivity contribution in [3.05, 3.63) is 47.2 Å². The third-order valence-electron chi connectivity index (χ3n) is 2.17. The second-order valence-corrected chi connectivity index (χ2v) is 4.85. The van der Waals surface area contributed by atoms with Crippen LogP contribution in [0, 0.1) is 0 Å². The molecule has 0 aliphatic heterocycles. The number of halogens is 1. The van der Waals surface area contributed by atoms with E-state index in [0.717, 1.165) is 16.9 Å². The monoisotopic (exact) mass is 265 g/mol. The topological polar surface area (TPSA) is 51.8 Å². The average molecular weight is 266 g/mol. The maximum absolute atomic E-state index is 6.20. The number of aromatic nitrogens is 2. The van der Waals surface area contributed by atoms with Crippen molar-refractivity contribution in [2.45, 2.75) is 16.5 Å². The van der Waals surface area contributed by atoms with Gasteiger partial charge >= 0.3 is 0 Å². The number of hydrogen-bond acceptors (Lipinski definition) is 4. The van der Waals surface area contributed by atoms with Crippen molar-refractivity contribution < 1.29 is 0 Å². The van der Waals surface area contributed by atoms with Gasteiger partial charge in [0, 0.05) is 17.3 Å². The van der Waals surface area contributed by atoms with E-state index in [1.165, 1.54) is 11.8 Å². The number of benzene rings is 1. The Labute approximate surface area is 109 Å². The number of nitrogens with two attached hydrogens (primary N) is 1. The summed E-state index contributed by atoms with van der Waals surface area (Å²) in [6.07, 6.45) is 4.27. The zero-order chi connectivity index (χ0) is 12.1. The van der Waals surface area contributed by atoms with E-state index in [4.69, 9.17) is 17.3 Å². The van der Waals surface area contributed by atoms with Gasteiger partial charge in [0.1, 0.15) is 0 Å². The number of rotatable bonds is 4. The fourth-order valence-corrected chi connectivity index (χ4v) is 2.42. The van der Waals surface area contributed by atoms with Gasteiger partial charge in [0.2, 0.25) is 0 Å². The van der Waals surface area contributed by atoms with E-state index in [1.54, 1.807) is 18.5 Å². The van der Waals surface area contributed by atoms with Gasteiger partial charge in [-0.15, -0.1) is 0 Å². The first kappa shape index (κ1) is 12.4. The lowest BCUT2D eigenvalue weighted by molar-refractivity contribution is 0.961. The Hall–Kier alpha value is -1.10. The summed E-state index contributed by atoms with van der Waals surface area (Å²) in [5, 5.41) is 1.41. The predicted octanol–water partition coefficient (Wildman–Crippen LogP) is 2.78. The Bertz CT molecular complexity index is 490. The molecule has 17 heavy (non-hydrogen) atoms. The largest absolute Gasteiger partial charge is 0.330 e. The van der Waals surface area contributed by atoms with Crippen LogP contribution in [0.2, 0.25) is 5.02 Å². The SMILES string of the molecule is NCCc1ccc(Sc2ncccn2)c(Cl)c1. The molecule has 2 N–H and O–H groups in total. The quantitative estimate of drug-likeness (QED) is 0.864. The minimum Gasteiger partial charge on any atom is -0.330 e. The molecule has 0 aliphatic rings. The summed E-state index contributed by atoms with van der Waals surface area (Å²) in [4.78, 5) is 9.25. The molecule has 0 atom stereocenters. The zero-order valence-corrected chi connectivity index (χ0v) is 10.7. The van der Waals surface area contributed by atoms with Gasteiger partial charge in [-0.1, -0.05) is 17.7 Å². The fourth-order valence-electron chi connectivity index (χ4n) is 1.39. The Morgan fingerprint density at radius 2 is 2.00 bits per heavy atom. The van der Waals surface area contributed by atoms with Crippen LogP contribution in [-0.4, -0.2) is 16.5 Å². The van der Waals surface area contributed by atoms with E-state index in [1.807, 2.05) is 18.2 Å². The van der Waals surface area contributed by atoms with Crippen LogP contribution in [0.5, 0.6) is 0 Å². The maximum atomic E-state index is 6.20. The highest BCUT2D eigenvalue weighted by Gasteiger charge is 2.05. The summed E-state index contributed by atoms with van der Waals surface area (Å²) in [5.41, 5.74) is 6.65.